The molecule has 0 unspecified atom stereocenters. The van der Waals surface area contributed by atoms with Crippen molar-refractivity contribution in [3.63, 3.8) is 0 Å². The predicted molar refractivity (Wildman–Crippen MR) is 75.3 cm³/mol. The quantitative estimate of drug-likeness (QED) is 0.776. The Balaban J connectivity index is 1.86. The second kappa shape index (κ2) is 7.28. The van der Waals surface area contributed by atoms with Crippen molar-refractivity contribution in [2.24, 2.45) is 0 Å². The third kappa shape index (κ3) is 5.14. The summed E-state index contributed by atoms with van der Waals surface area (Å²) in [4.78, 5) is 4.53. The summed E-state index contributed by atoms with van der Waals surface area (Å²) in [7, 11) is 2.07. The van der Waals surface area contributed by atoms with Crippen LogP contribution in [0.4, 0.5) is 17.6 Å². The average molecular weight is 320 g/mol. The van der Waals surface area contributed by atoms with Crippen LogP contribution in [0.1, 0.15) is 12.0 Å². The van der Waals surface area contributed by atoms with E-state index in [0.29, 0.717) is 12.8 Å². The topological polar surface area (TPSA) is 15.7 Å². The van der Waals surface area contributed by atoms with E-state index >= 15 is 0 Å². The van der Waals surface area contributed by atoms with E-state index in [-0.39, 0.29) is 5.56 Å². The average Bonchev–Trinajstić information content (AvgIpc) is 2.43. The van der Waals surface area contributed by atoms with Crippen LogP contribution >= 0.6 is 0 Å². The van der Waals surface area contributed by atoms with Crippen LogP contribution in [0.15, 0.2) is 18.2 Å². The number of piperazine rings is 1. The first-order valence-electron chi connectivity index (χ1n) is 7.29. The van der Waals surface area contributed by atoms with E-state index in [9.17, 15) is 17.6 Å². The third-order valence-corrected chi connectivity index (χ3v) is 3.79. The van der Waals surface area contributed by atoms with E-state index < -0.39 is 17.9 Å². The van der Waals surface area contributed by atoms with Crippen LogP contribution in [0.25, 0.3) is 0 Å². The summed E-state index contributed by atoms with van der Waals surface area (Å²) in [5, 5.41) is 0. The zero-order chi connectivity index (χ0) is 16.2. The summed E-state index contributed by atoms with van der Waals surface area (Å²) in [5.74, 6) is -1.68. The highest BCUT2D eigenvalue weighted by Gasteiger charge is 2.32. The molecule has 1 aliphatic rings. The van der Waals surface area contributed by atoms with Crippen LogP contribution in [0.2, 0.25) is 0 Å². The lowest BCUT2D eigenvalue weighted by atomic mass is 10.1. The number of alkyl halides is 3. The molecule has 0 saturated carbocycles. The fourth-order valence-electron chi connectivity index (χ4n) is 2.52. The third-order valence-electron chi connectivity index (χ3n) is 3.79. The van der Waals surface area contributed by atoms with Crippen molar-refractivity contribution in [2.75, 3.05) is 39.8 Å². The molecule has 0 aromatic heterocycles. The number of hydrogen-bond acceptors (Lipinski definition) is 3. The highest BCUT2D eigenvalue weighted by Crippen LogP contribution is 2.27. The van der Waals surface area contributed by atoms with E-state index in [1.165, 1.54) is 12.1 Å². The second-order valence-corrected chi connectivity index (χ2v) is 5.53. The largest absolute Gasteiger partial charge is 0.573 e. The molecule has 22 heavy (non-hydrogen) atoms. The molecule has 124 valence electrons. The minimum atomic E-state index is -4.88. The maximum absolute atomic E-state index is 14.0. The number of benzene rings is 1. The van der Waals surface area contributed by atoms with Gasteiger partial charge >= 0.3 is 6.36 Å². The Kier molecular flexibility index (Phi) is 5.63. The molecule has 1 heterocycles. The number of nitrogens with zero attached hydrogens (tertiary/aromatic N) is 2. The summed E-state index contributed by atoms with van der Waals surface area (Å²) < 4.78 is 54.2. The molecule has 0 amide bonds. The van der Waals surface area contributed by atoms with Crippen LogP contribution in [0.5, 0.6) is 5.75 Å². The lowest BCUT2D eigenvalue weighted by molar-refractivity contribution is -0.275. The van der Waals surface area contributed by atoms with Crippen molar-refractivity contribution in [3.8, 4) is 5.75 Å². The molecule has 1 saturated heterocycles. The molecule has 0 N–H and O–H groups in total. The number of halogens is 4. The molecule has 1 fully saturated rings. The Morgan fingerprint density at radius 3 is 2.45 bits per heavy atom. The minimum absolute atomic E-state index is 0.260. The highest BCUT2D eigenvalue weighted by molar-refractivity contribution is 5.31. The van der Waals surface area contributed by atoms with Gasteiger partial charge in [-0.15, -0.1) is 13.2 Å². The molecule has 3 nitrogen and oxygen atoms in total. The van der Waals surface area contributed by atoms with E-state index in [0.717, 1.165) is 38.8 Å². The fourth-order valence-corrected chi connectivity index (χ4v) is 2.52. The lowest BCUT2D eigenvalue weighted by Gasteiger charge is -2.32. The van der Waals surface area contributed by atoms with Crippen molar-refractivity contribution in [2.45, 2.75) is 19.2 Å². The zero-order valence-electron chi connectivity index (χ0n) is 12.5. The molecule has 1 aliphatic heterocycles. The monoisotopic (exact) mass is 320 g/mol. The molecule has 2 rings (SSSR count). The van der Waals surface area contributed by atoms with Crippen molar-refractivity contribution in [1.82, 2.24) is 9.80 Å². The predicted octanol–water partition coefficient (Wildman–Crippen LogP) is 2.90. The molecule has 0 spiro atoms. The molecule has 0 radical (unpaired) electrons. The number of hydrogen-bond donors (Lipinski definition) is 0. The molecule has 0 atom stereocenters. The molecule has 7 heteroatoms. The van der Waals surface area contributed by atoms with Crippen LogP contribution < -0.4 is 4.74 Å². The van der Waals surface area contributed by atoms with E-state index in [2.05, 4.69) is 21.6 Å². The molecule has 1 aromatic carbocycles. The maximum atomic E-state index is 14.0. The Labute approximate surface area is 127 Å². The van der Waals surface area contributed by atoms with Crippen LogP contribution in [-0.2, 0) is 6.42 Å². The Hall–Kier alpha value is -1.34. The smallest absolute Gasteiger partial charge is 0.403 e. The number of aryl methyl sites for hydroxylation is 1. The molecule has 0 bridgehead atoms. The standard InChI is InChI=1S/C15H20F4N2O/c1-20-8-10-21(11-9-20)7-3-5-12-4-2-6-13(14(12)16)22-15(17,18)19/h2,4,6H,3,5,7-11H2,1H3. The van der Waals surface area contributed by atoms with Gasteiger partial charge in [-0.05, 0) is 38.1 Å². The van der Waals surface area contributed by atoms with Crippen molar-refractivity contribution >= 4 is 0 Å². The van der Waals surface area contributed by atoms with Gasteiger partial charge in [-0.3, -0.25) is 0 Å². The Bertz CT molecular complexity index is 485. The molecule has 0 aliphatic carbocycles. The van der Waals surface area contributed by atoms with Crippen molar-refractivity contribution in [3.05, 3.63) is 29.6 Å². The van der Waals surface area contributed by atoms with Crippen LogP contribution in [0, 0.1) is 5.82 Å². The summed E-state index contributed by atoms with van der Waals surface area (Å²) in [5.41, 5.74) is 0.260. The lowest BCUT2D eigenvalue weighted by Crippen LogP contribution is -2.44. The number of ether oxygens (including phenoxy) is 1. The van der Waals surface area contributed by atoms with Gasteiger partial charge in [0.05, 0.1) is 0 Å². The van der Waals surface area contributed by atoms with Crippen molar-refractivity contribution < 1.29 is 22.3 Å². The van der Waals surface area contributed by atoms with Gasteiger partial charge in [-0.25, -0.2) is 4.39 Å². The van der Waals surface area contributed by atoms with Gasteiger partial charge in [0.25, 0.3) is 0 Å². The van der Waals surface area contributed by atoms with Gasteiger partial charge in [-0.1, -0.05) is 12.1 Å². The Morgan fingerprint density at radius 2 is 1.82 bits per heavy atom. The SMILES string of the molecule is CN1CCN(CCCc2cccc(OC(F)(F)F)c2F)CC1. The highest BCUT2D eigenvalue weighted by atomic mass is 19.4. The molecular weight excluding hydrogens is 300 g/mol. The minimum Gasteiger partial charge on any atom is -0.403 e. The zero-order valence-corrected chi connectivity index (χ0v) is 12.5. The number of likely N-dealkylation sites (N-methyl/N-ethyl adjacent to an activating group) is 1. The van der Waals surface area contributed by atoms with Gasteiger partial charge in [0.1, 0.15) is 0 Å². The first-order chi connectivity index (χ1) is 10.3. The molecule has 1 aromatic rings. The van der Waals surface area contributed by atoms with Gasteiger partial charge in [-0.2, -0.15) is 0 Å². The van der Waals surface area contributed by atoms with Gasteiger partial charge < -0.3 is 14.5 Å². The van der Waals surface area contributed by atoms with Gasteiger partial charge in [0.15, 0.2) is 11.6 Å². The van der Waals surface area contributed by atoms with E-state index in [1.54, 1.807) is 0 Å². The molecular formula is C15H20F4N2O. The normalized spacial score (nSPS) is 17.7. The first-order valence-corrected chi connectivity index (χ1v) is 7.29. The van der Waals surface area contributed by atoms with Gasteiger partial charge in [0, 0.05) is 26.2 Å². The number of rotatable bonds is 5. The summed E-state index contributed by atoms with van der Waals surface area (Å²) in [6, 6.07) is 3.88. The van der Waals surface area contributed by atoms with E-state index in [1.807, 2.05) is 0 Å². The summed E-state index contributed by atoms with van der Waals surface area (Å²) in [6.07, 6.45) is -3.78. The van der Waals surface area contributed by atoms with E-state index in [4.69, 9.17) is 0 Å². The maximum Gasteiger partial charge on any atom is 0.573 e. The first kappa shape index (κ1) is 17.0. The summed E-state index contributed by atoms with van der Waals surface area (Å²) in [6.45, 7) is 4.76. The van der Waals surface area contributed by atoms with Crippen LogP contribution in [-0.4, -0.2) is 55.9 Å². The Morgan fingerprint density at radius 1 is 1.14 bits per heavy atom. The fraction of sp³-hybridized carbons (Fsp3) is 0.600. The summed E-state index contributed by atoms with van der Waals surface area (Å²) >= 11 is 0. The second-order valence-electron chi connectivity index (χ2n) is 5.53. The van der Waals surface area contributed by atoms with Crippen molar-refractivity contribution in [1.29, 1.82) is 0 Å². The van der Waals surface area contributed by atoms with Gasteiger partial charge in [0.2, 0.25) is 0 Å². The van der Waals surface area contributed by atoms with Crippen LogP contribution in [0.3, 0.4) is 0 Å².